The molecule has 1 atom stereocenters. The molecule has 8 heteroatoms. The standard InChI is InChI=1S/C18H28ClFN2O3Si/c1-17(2,3)15(25-26(4)5)14-13(19)10-12(11-21-14)18(20)6-8-22(9-7-18)16(23)24/h10-11,15,26H,6-9H2,1-5H3,(H,23,24). The molecule has 1 aromatic heterocycles. The molecular formula is C18H28ClFN2O3Si. The van der Waals surface area contributed by atoms with Crippen LogP contribution >= 0.6 is 11.6 Å². The second kappa shape index (κ2) is 7.82. The van der Waals surface area contributed by atoms with Gasteiger partial charge in [0.1, 0.15) is 5.67 Å². The minimum Gasteiger partial charge on any atom is -0.465 e. The van der Waals surface area contributed by atoms with Crippen molar-refractivity contribution in [3.63, 3.8) is 0 Å². The van der Waals surface area contributed by atoms with Gasteiger partial charge >= 0.3 is 6.09 Å². The maximum atomic E-state index is 15.4. The van der Waals surface area contributed by atoms with Crippen LogP contribution in [0.2, 0.25) is 18.1 Å². The largest absolute Gasteiger partial charge is 0.465 e. The van der Waals surface area contributed by atoms with E-state index in [9.17, 15) is 4.79 Å². The van der Waals surface area contributed by atoms with E-state index in [2.05, 4.69) is 38.8 Å². The topological polar surface area (TPSA) is 62.7 Å². The van der Waals surface area contributed by atoms with E-state index in [4.69, 9.17) is 21.1 Å². The van der Waals surface area contributed by atoms with Crippen LogP contribution in [0.1, 0.15) is 51.0 Å². The number of halogens is 2. The van der Waals surface area contributed by atoms with Crippen molar-refractivity contribution >= 4 is 26.7 Å². The molecular weight excluding hydrogens is 375 g/mol. The number of likely N-dealkylation sites (tertiary alicyclic amines) is 1. The Morgan fingerprint density at radius 3 is 2.42 bits per heavy atom. The first-order valence-electron chi connectivity index (χ1n) is 8.92. The highest BCUT2D eigenvalue weighted by Gasteiger charge is 2.39. The van der Waals surface area contributed by atoms with Gasteiger partial charge in [0.2, 0.25) is 0 Å². The van der Waals surface area contributed by atoms with Crippen LogP contribution in [0, 0.1) is 5.41 Å². The Morgan fingerprint density at radius 1 is 1.42 bits per heavy atom. The average Bonchev–Trinajstić information content (AvgIpc) is 2.52. The molecule has 1 saturated heterocycles. The summed E-state index contributed by atoms with van der Waals surface area (Å²) in [5.74, 6) is 0. The molecule has 26 heavy (non-hydrogen) atoms. The molecule has 0 aromatic carbocycles. The summed E-state index contributed by atoms with van der Waals surface area (Å²) in [6, 6.07) is 1.63. The fraction of sp³-hybridized carbons (Fsp3) is 0.667. The van der Waals surface area contributed by atoms with E-state index in [0.717, 1.165) is 0 Å². The number of hydrogen-bond donors (Lipinski definition) is 1. The zero-order chi connectivity index (χ0) is 19.7. The Bertz CT molecular complexity index is 658. The molecule has 1 fully saturated rings. The first-order valence-corrected chi connectivity index (χ1v) is 12.1. The molecule has 5 nitrogen and oxygen atoms in total. The van der Waals surface area contributed by atoms with Crippen molar-refractivity contribution < 1.29 is 18.7 Å². The highest BCUT2D eigenvalue weighted by molar-refractivity contribution is 6.48. The number of carbonyl (C=O) groups is 1. The average molecular weight is 403 g/mol. The van der Waals surface area contributed by atoms with Gasteiger partial charge in [0.25, 0.3) is 0 Å². The summed E-state index contributed by atoms with van der Waals surface area (Å²) in [6.45, 7) is 10.7. The molecule has 1 amide bonds. The summed E-state index contributed by atoms with van der Waals surface area (Å²) in [5, 5.41) is 9.43. The van der Waals surface area contributed by atoms with E-state index in [-0.39, 0.29) is 37.5 Å². The Kier molecular flexibility index (Phi) is 6.35. The fourth-order valence-corrected chi connectivity index (χ4v) is 4.53. The Hall–Kier alpha value is -1.18. The van der Waals surface area contributed by atoms with E-state index >= 15 is 4.39 Å². The Balaban J connectivity index is 2.27. The summed E-state index contributed by atoms with van der Waals surface area (Å²) in [5.41, 5.74) is -0.747. The second-order valence-electron chi connectivity index (χ2n) is 8.26. The fourth-order valence-electron chi connectivity index (χ4n) is 3.18. The lowest BCUT2D eigenvalue weighted by Crippen LogP contribution is -2.42. The quantitative estimate of drug-likeness (QED) is 0.737. The molecule has 2 heterocycles. The summed E-state index contributed by atoms with van der Waals surface area (Å²) in [7, 11) is -1.32. The second-order valence-corrected chi connectivity index (χ2v) is 11.0. The third-order valence-corrected chi connectivity index (χ3v) is 5.78. The van der Waals surface area contributed by atoms with Crippen molar-refractivity contribution in [1.29, 1.82) is 0 Å². The van der Waals surface area contributed by atoms with Gasteiger partial charge in [-0.15, -0.1) is 0 Å². The zero-order valence-electron chi connectivity index (χ0n) is 16.1. The molecule has 1 N–H and O–H groups in total. The van der Waals surface area contributed by atoms with Crippen LogP contribution in [-0.2, 0) is 10.1 Å². The Morgan fingerprint density at radius 2 is 2.00 bits per heavy atom. The SMILES string of the molecule is C[SiH](C)OC(c1ncc(C2(F)CCN(C(=O)O)CC2)cc1Cl)C(C)(C)C. The number of aromatic nitrogens is 1. The molecule has 0 bridgehead atoms. The van der Waals surface area contributed by atoms with Crippen molar-refractivity contribution in [3.05, 3.63) is 28.5 Å². The molecule has 0 radical (unpaired) electrons. The smallest absolute Gasteiger partial charge is 0.407 e. The molecule has 146 valence electrons. The van der Waals surface area contributed by atoms with Crippen LogP contribution in [0.3, 0.4) is 0 Å². The van der Waals surface area contributed by atoms with Crippen LogP contribution in [0.25, 0.3) is 0 Å². The van der Waals surface area contributed by atoms with Crippen molar-refractivity contribution in [2.75, 3.05) is 13.1 Å². The highest BCUT2D eigenvalue weighted by Crippen LogP contribution is 2.42. The molecule has 0 spiro atoms. The zero-order valence-corrected chi connectivity index (χ0v) is 18.0. The van der Waals surface area contributed by atoms with Gasteiger partial charge in [-0.1, -0.05) is 32.4 Å². The number of nitrogens with zero attached hydrogens (tertiary/aromatic N) is 2. The van der Waals surface area contributed by atoms with Crippen molar-refractivity contribution in [1.82, 2.24) is 9.88 Å². The van der Waals surface area contributed by atoms with Gasteiger partial charge in [0.05, 0.1) is 16.8 Å². The molecule has 0 aliphatic carbocycles. The van der Waals surface area contributed by atoms with Gasteiger partial charge in [0, 0.05) is 37.7 Å². The Labute approximate surface area is 161 Å². The van der Waals surface area contributed by atoms with Crippen LogP contribution in [-0.4, -0.2) is 43.2 Å². The van der Waals surface area contributed by atoms with Crippen LogP contribution in [0.5, 0.6) is 0 Å². The van der Waals surface area contributed by atoms with Gasteiger partial charge in [-0.2, -0.15) is 0 Å². The van der Waals surface area contributed by atoms with Crippen molar-refractivity contribution in [2.24, 2.45) is 5.41 Å². The van der Waals surface area contributed by atoms with Crippen molar-refractivity contribution in [2.45, 2.75) is 58.5 Å². The predicted octanol–water partition coefficient (Wildman–Crippen LogP) is 4.76. The molecule has 1 aromatic rings. The van der Waals surface area contributed by atoms with E-state index in [1.165, 1.54) is 11.1 Å². The molecule has 2 rings (SSSR count). The number of piperidine rings is 1. The normalized spacial score (nSPS) is 18.8. The number of carboxylic acid groups (broad SMARTS) is 1. The lowest BCUT2D eigenvalue weighted by molar-refractivity contribution is 0.0545. The van der Waals surface area contributed by atoms with Crippen LogP contribution < -0.4 is 0 Å². The minimum atomic E-state index is -1.61. The van der Waals surface area contributed by atoms with Crippen LogP contribution in [0.4, 0.5) is 9.18 Å². The maximum absolute atomic E-state index is 15.4. The monoisotopic (exact) mass is 402 g/mol. The number of pyridine rings is 1. The number of hydrogen-bond acceptors (Lipinski definition) is 3. The van der Waals surface area contributed by atoms with E-state index in [0.29, 0.717) is 16.3 Å². The predicted molar refractivity (Wildman–Crippen MR) is 103 cm³/mol. The summed E-state index contributed by atoms with van der Waals surface area (Å²) < 4.78 is 21.5. The van der Waals surface area contributed by atoms with Gasteiger partial charge < -0.3 is 14.4 Å². The summed E-state index contributed by atoms with van der Waals surface area (Å²) in [6.07, 6.45) is 0.479. The molecule has 1 unspecified atom stereocenters. The van der Waals surface area contributed by atoms with E-state index in [1.54, 1.807) is 6.07 Å². The van der Waals surface area contributed by atoms with Gasteiger partial charge in [-0.3, -0.25) is 4.98 Å². The number of amides is 1. The van der Waals surface area contributed by atoms with Gasteiger partial charge in [0.15, 0.2) is 9.04 Å². The third kappa shape index (κ3) is 4.75. The number of rotatable bonds is 4. The van der Waals surface area contributed by atoms with Gasteiger partial charge in [-0.25, -0.2) is 9.18 Å². The molecule has 1 aliphatic rings. The van der Waals surface area contributed by atoms with E-state index in [1.807, 2.05) is 0 Å². The highest BCUT2D eigenvalue weighted by atomic mass is 35.5. The molecule has 1 aliphatic heterocycles. The van der Waals surface area contributed by atoms with Gasteiger partial charge in [-0.05, 0) is 24.6 Å². The summed E-state index contributed by atoms with van der Waals surface area (Å²) in [4.78, 5) is 16.7. The summed E-state index contributed by atoms with van der Waals surface area (Å²) >= 11 is 6.48. The number of alkyl halides is 1. The van der Waals surface area contributed by atoms with Crippen LogP contribution in [0.15, 0.2) is 12.3 Å². The third-order valence-electron chi connectivity index (χ3n) is 4.66. The first kappa shape index (κ1) is 21.1. The first-order chi connectivity index (χ1) is 11.9. The lowest BCUT2D eigenvalue weighted by atomic mass is 9.85. The maximum Gasteiger partial charge on any atom is 0.407 e. The lowest BCUT2D eigenvalue weighted by Gasteiger charge is -2.36. The van der Waals surface area contributed by atoms with Crippen molar-refractivity contribution in [3.8, 4) is 0 Å². The minimum absolute atomic E-state index is 0.106. The molecule has 0 saturated carbocycles. The van der Waals surface area contributed by atoms with E-state index < -0.39 is 20.8 Å².